The summed E-state index contributed by atoms with van der Waals surface area (Å²) in [6, 6.07) is 8.56. The molecule has 0 radical (unpaired) electrons. The quantitative estimate of drug-likeness (QED) is 0.538. The predicted octanol–water partition coefficient (Wildman–Crippen LogP) is 5.59. The zero-order valence-electron chi connectivity index (χ0n) is 15.3. The molecule has 0 unspecified atom stereocenters. The number of nitrogens with zero attached hydrogens (tertiary/aromatic N) is 4. The van der Waals surface area contributed by atoms with Crippen molar-refractivity contribution in [1.82, 2.24) is 19.7 Å². The van der Waals surface area contributed by atoms with Gasteiger partial charge in [-0.25, -0.2) is 4.98 Å². The number of benzene rings is 1. The largest absolute Gasteiger partial charge is 0.309 e. The standard InChI is InChI=1S/C20H24N4S2/c1-14-8-10-16(11-9-14)19-21-17(12-25-19)13-26-20-23-22-18(24(20)2)15-6-4-3-5-7-15/h8-12,15H,3-7,13H2,1-2H3. The Hall–Kier alpha value is -1.66. The van der Waals surface area contributed by atoms with Crippen LogP contribution >= 0.6 is 23.1 Å². The van der Waals surface area contributed by atoms with E-state index in [2.05, 4.69) is 58.4 Å². The van der Waals surface area contributed by atoms with Crippen molar-refractivity contribution in [2.45, 2.75) is 55.9 Å². The van der Waals surface area contributed by atoms with Gasteiger partial charge in [0, 0.05) is 29.7 Å². The highest BCUT2D eigenvalue weighted by molar-refractivity contribution is 7.98. The monoisotopic (exact) mass is 384 g/mol. The topological polar surface area (TPSA) is 43.6 Å². The van der Waals surface area contributed by atoms with Gasteiger partial charge in [-0.1, -0.05) is 60.9 Å². The average Bonchev–Trinajstić information content (AvgIpc) is 3.28. The predicted molar refractivity (Wildman–Crippen MR) is 109 cm³/mol. The van der Waals surface area contributed by atoms with Crippen LogP contribution < -0.4 is 0 Å². The molecule has 0 saturated heterocycles. The zero-order valence-corrected chi connectivity index (χ0v) is 16.9. The van der Waals surface area contributed by atoms with E-state index in [1.54, 1.807) is 23.1 Å². The Morgan fingerprint density at radius 2 is 1.88 bits per heavy atom. The first-order valence-electron chi connectivity index (χ1n) is 9.24. The van der Waals surface area contributed by atoms with E-state index in [0.29, 0.717) is 5.92 Å². The molecule has 2 heterocycles. The second-order valence-electron chi connectivity index (χ2n) is 7.03. The molecule has 1 aromatic carbocycles. The van der Waals surface area contributed by atoms with Crippen LogP contribution in [0.3, 0.4) is 0 Å². The highest BCUT2D eigenvalue weighted by Crippen LogP contribution is 2.33. The minimum atomic E-state index is 0.586. The summed E-state index contributed by atoms with van der Waals surface area (Å²) in [5, 5.41) is 13.2. The van der Waals surface area contributed by atoms with Gasteiger partial charge in [-0.05, 0) is 19.8 Å². The number of thiazole rings is 1. The molecule has 4 nitrogen and oxygen atoms in total. The van der Waals surface area contributed by atoms with Gasteiger partial charge < -0.3 is 4.57 Å². The Balaban J connectivity index is 1.41. The SMILES string of the molecule is Cc1ccc(-c2nc(CSc3nnc(C4CCCCC4)n3C)cs2)cc1. The van der Waals surface area contributed by atoms with E-state index in [0.717, 1.165) is 27.4 Å². The lowest BCUT2D eigenvalue weighted by atomic mass is 9.89. The van der Waals surface area contributed by atoms with Crippen LogP contribution in [0.15, 0.2) is 34.8 Å². The van der Waals surface area contributed by atoms with E-state index < -0.39 is 0 Å². The highest BCUT2D eigenvalue weighted by Gasteiger charge is 2.22. The molecule has 1 fully saturated rings. The summed E-state index contributed by atoms with van der Waals surface area (Å²) >= 11 is 3.44. The second-order valence-corrected chi connectivity index (χ2v) is 8.83. The van der Waals surface area contributed by atoms with Crippen LogP contribution in [-0.2, 0) is 12.8 Å². The van der Waals surface area contributed by atoms with Crippen LogP contribution in [0.5, 0.6) is 0 Å². The third-order valence-electron chi connectivity index (χ3n) is 5.04. The first-order valence-corrected chi connectivity index (χ1v) is 11.1. The molecule has 0 bridgehead atoms. The fourth-order valence-corrected chi connectivity index (χ4v) is 5.25. The Morgan fingerprint density at radius 3 is 2.65 bits per heavy atom. The maximum Gasteiger partial charge on any atom is 0.191 e. The number of aryl methyl sites for hydroxylation is 1. The van der Waals surface area contributed by atoms with E-state index in [9.17, 15) is 0 Å². The summed E-state index contributed by atoms with van der Waals surface area (Å²) in [5.74, 6) is 2.58. The van der Waals surface area contributed by atoms with Gasteiger partial charge in [0.2, 0.25) is 0 Å². The average molecular weight is 385 g/mol. The number of aromatic nitrogens is 4. The molecule has 4 rings (SSSR count). The van der Waals surface area contributed by atoms with Crippen LogP contribution in [0.2, 0.25) is 0 Å². The third kappa shape index (κ3) is 3.86. The summed E-state index contributed by atoms with van der Waals surface area (Å²) in [5.41, 5.74) is 3.57. The van der Waals surface area contributed by atoms with Crippen LogP contribution in [0.4, 0.5) is 0 Å². The fraction of sp³-hybridized carbons (Fsp3) is 0.450. The molecule has 0 atom stereocenters. The van der Waals surface area contributed by atoms with Crippen molar-refractivity contribution in [3.8, 4) is 10.6 Å². The lowest BCUT2D eigenvalue weighted by Gasteiger charge is -2.20. The van der Waals surface area contributed by atoms with Gasteiger partial charge in [0.15, 0.2) is 5.16 Å². The summed E-state index contributed by atoms with van der Waals surface area (Å²) < 4.78 is 2.19. The van der Waals surface area contributed by atoms with Crippen molar-refractivity contribution >= 4 is 23.1 Å². The molecule has 6 heteroatoms. The van der Waals surface area contributed by atoms with Crippen LogP contribution in [0.1, 0.15) is 55.1 Å². The first kappa shape index (κ1) is 17.7. The zero-order chi connectivity index (χ0) is 17.9. The minimum absolute atomic E-state index is 0.586. The van der Waals surface area contributed by atoms with Gasteiger partial charge in [-0.3, -0.25) is 0 Å². The molecule has 136 valence electrons. The molecule has 0 aliphatic heterocycles. The lowest BCUT2D eigenvalue weighted by Crippen LogP contribution is -2.10. The molecule has 3 aromatic rings. The molecule has 0 amide bonds. The van der Waals surface area contributed by atoms with Crippen LogP contribution in [0, 0.1) is 6.92 Å². The minimum Gasteiger partial charge on any atom is -0.309 e. The van der Waals surface area contributed by atoms with Gasteiger partial charge >= 0.3 is 0 Å². The van der Waals surface area contributed by atoms with Crippen molar-refractivity contribution < 1.29 is 0 Å². The van der Waals surface area contributed by atoms with E-state index in [1.807, 2.05) is 0 Å². The Kier molecular flexibility index (Phi) is 5.41. The van der Waals surface area contributed by atoms with Gasteiger partial charge in [0.25, 0.3) is 0 Å². The Morgan fingerprint density at radius 1 is 1.12 bits per heavy atom. The molecule has 0 N–H and O–H groups in total. The van der Waals surface area contributed by atoms with E-state index in [4.69, 9.17) is 4.98 Å². The molecule has 1 saturated carbocycles. The van der Waals surface area contributed by atoms with Crippen LogP contribution in [0.25, 0.3) is 10.6 Å². The molecule has 1 aliphatic rings. The van der Waals surface area contributed by atoms with E-state index in [-0.39, 0.29) is 0 Å². The smallest absolute Gasteiger partial charge is 0.191 e. The summed E-state index contributed by atoms with van der Waals surface area (Å²) in [4.78, 5) is 4.79. The number of thioether (sulfide) groups is 1. The van der Waals surface area contributed by atoms with E-state index in [1.165, 1.54) is 43.2 Å². The van der Waals surface area contributed by atoms with Crippen molar-refractivity contribution in [1.29, 1.82) is 0 Å². The highest BCUT2D eigenvalue weighted by atomic mass is 32.2. The van der Waals surface area contributed by atoms with Crippen molar-refractivity contribution in [3.05, 3.63) is 46.7 Å². The van der Waals surface area contributed by atoms with Gasteiger partial charge in [-0.15, -0.1) is 21.5 Å². The molecule has 1 aliphatic carbocycles. The maximum absolute atomic E-state index is 4.79. The van der Waals surface area contributed by atoms with Crippen molar-refractivity contribution in [3.63, 3.8) is 0 Å². The summed E-state index contributed by atoms with van der Waals surface area (Å²) in [7, 11) is 2.10. The number of hydrogen-bond acceptors (Lipinski definition) is 5. The lowest BCUT2D eigenvalue weighted by molar-refractivity contribution is 0.418. The molecule has 26 heavy (non-hydrogen) atoms. The van der Waals surface area contributed by atoms with Crippen molar-refractivity contribution in [2.75, 3.05) is 0 Å². The molecule has 2 aromatic heterocycles. The third-order valence-corrected chi connectivity index (χ3v) is 7.03. The van der Waals surface area contributed by atoms with Gasteiger partial charge in [0.1, 0.15) is 10.8 Å². The molecule has 0 spiro atoms. The Labute approximate surface area is 163 Å². The maximum atomic E-state index is 4.79. The number of hydrogen-bond donors (Lipinski definition) is 0. The van der Waals surface area contributed by atoms with Crippen LogP contribution in [-0.4, -0.2) is 19.7 Å². The van der Waals surface area contributed by atoms with Gasteiger partial charge in [-0.2, -0.15) is 0 Å². The fourth-order valence-electron chi connectivity index (χ4n) is 3.51. The summed E-state index contributed by atoms with van der Waals surface area (Å²) in [6.45, 7) is 2.11. The second kappa shape index (κ2) is 7.92. The van der Waals surface area contributed by atoms with E-state index >= 15 is 0 Å². The number of rotatable bonds is 5. The molecular weight excluding hydrogens is 360 g/mol. The van der Waals surface area contributed by atoms with Gasteiger partial charge in [0.05, 0.1) is 5.69 Å². The van der Waals surface area contributed by atoms with Crippen molar-refractivity contribution in [2.24, 2.45) is 7.05 Å². The Bertz CT molecular complexity index is 860. The normalized spacial score (nSPS) is 15.5. The molecular formula is C20H24N4S2. The first-order chi connectivity index (χ1) is 12.7. The summed E-state index contributed by atoms with van der Waals surface area (Å²) in [6.07, 6.45) is 6.51.